The van der Waals surface area contributed by atoms with Crippen molar-refractivity contribution in [1.29, 1.82) is 0 Å². The molecule has 0 saturated carbocycles. The van der Waals surface area contributed by atoms with E-state index in [0.717, 1.165) is 54.7 Å². The summed E-state index contributed by atoms with van der Waals surface area (Å²) in [6.07, 6.45) is 4.97. The third-order valence-electron chi connectivity index (χ3n) is 7.50. The topological polar surface area (TPSA) is 47.9 Å². The Labute approximate surface area is 231 Å². The standard InChI is InChI=1S/C33H46O4Si/c1-7-8-16-27(17-15-22-34)32-30(35-5)23-26(24-31(32)36-6)25-37-38(33(2,3)4,28-18-11-9-12-19-28)29-20-13-10-14-21-29/h9-14,18-21,23-24,27,34H,7-8,15-17,22,25H2,1-6H3/t27-/m0/s1. The fourth-order valence-corrected chi connectivity index (χ4v) is 10.2. The maximum atomic E-state index is 9.51. The minimum Gasteiger partial charge on any atom is -0.496 e. The van der Waals surface area contributed by atoms with E-state index < -0.39 is 8.32 Å². The first kappa shape index (κ1) is 29.9. The van der Waals surface area contributed by atoms with Crippen LogP contribution in [0.2, 0.25) is 5.04 Å². The number of hydrogen-bond acceptors (Lipinski definition) is 4. The van der Waals surface area contributed by atoms with Crippen LogP contribution in [0.4, 0.5) is 0 Å². The maximum Gasteiger partial charge on any atom is 0.261 e. The van der Waals surface area contributed by atoms with Crippen LogP contribution in [0.1, 0.15) is 76.8 Å². The van der Waals surface area contributed by atoms with Gasteiger partial charge in [0.05, 0.1) is 20.8 Å². The summed E-state index contributed by atoms with van der Waals surface area (Å²) >= 11 is 0. The van der Waals surface area contributed by atoms with Crippen molar-refractivity contribution < 1.29 is 19.0 Å². The summed E-state index contributed by atoms with van der Waals surface area (Å²) in [5, 5.41) is 11.9. The first-order valence-electron chi connectivity index (χ1n) is 13.9. The fourth-order valence-electron chi connectivity index (χ4n) is 5.65. The Morgan fingerprint density at radius 1 is 0.789 bits per heavy atom. The number of benzene rings is 3. The van der Waals surface area contributed by atoms with Crippen molar-refractivity contribution in [2.75, 3.05) is 20.8 Å². The molecule has 0 fully saturated rings. The van der Waals surface area contributed by atoms with E-state index in [2.05, 4.69) is 100 Å². The molecule has 0 heterocycles. The zero-order valence-electron chi connectivity index (χ0n) is 24.1. The van der Waals surface area contributed by atoms with E-state index in [-0.39, 0.29) is 17.6 Å². The Morgan fingerprint density at radius 3 is 1.71 bits per heavy atom. The van der Waals surface area contributed by atoms with Gasteiger partial charge in [0, 0.05) is 12.2 Å². The largest absolute Gasteiger partial charge is 0.496 e. The highest BCUT2D eigenvalue weighted by atomic mass is 28.4. The molecule has 1 N–H and O–H groups in total. The second-order valence-electron chi connectivity index (χ2n) is 11.1. The molecule has 0 aliphatic carbocycles. The summed E-state index contributed by atoms with van der Waals surface area (Å²) in [6, 6.07) is 25.7. The molecule has 1 atom stereocenters. The van der Waals surface area contributed by atoms with Crippen molar-refractivity contribution in [1.82, 2.24) is 0 Å². The number of unbranched alkanes of at least 4 members (excludes halogenated alkanes) is 1. The van der Waals surface area contributed by atoms with E-state index >= 15 is 0 Å². The van der Waals surface area contributed by atoms with Crippen LogP contribution < -0.4 is 19.8 Å². The predicted octanol–water partition coefficient (Wildman–Crippen LogP) is 6.83. The number of aliphatic hydroxyl groups is 1. The Bertz CT molecular complexity index is 1040. The van der Waals surface area contributed by atoms with E-state index in [9.17, 15) is 5.11 Å². The molecule has 0 aromatic heterocycles. The number of aliphatic hydroxyl groups excluding tert-OH is 1. The molecule has 0 unspecified atom stereocenters. The van der Waals surface area contributed by atoms with E-state index in [1.807, 2.05) is 0 Å². The van der Waals surface area contributed by atoms with Gasteiger partial charge in [-0.2, -0.15) is 0 Å². The molecule has 0 aliphatic heterocycles. The zero-order chi connectivity index (χ0) is 27.6. The van der Waals surface area contributed by atoms with Crippen LogP contribution in [0.25, 0.3) is 0 Å². The van der Waals surface area contributed by atoms with Crippen LogP contribution in [0.5, 0.6) is 11.5 Å². The van der Waals surface area contributed by atoms with Crippen LogP contribution >= 0.6 is 0 Å². The third kappa shape index (κ3) is 6.69. The SMILES string of the molecule is CCCC[C@@H](CCCO)c1c(OC)cc(CO[Si](c2ccccc2)(c2ccccc2)C(C)(C)C)cc1OC. The molecule has 0 amide bonds. The van der Waals surface area contributed by atoms with Gasteiger partial charge < -0.3 is 19.0 Å². The van der Waals surface area contributed by atoms with Crippen molar-refractivity contribution in [3.63, 3.8) is 0 Å². The minimum absolute atomic E-state index is 0.0979. The Kier molecular flexibility index (Phi) is 11.0. The van der Waals surface area contributed by atoms with Gasteiger partial charge >= 0.3 is 0 Å². The van der Waals surface area contributed by atoms with Gasteiger partial charge in [-0.1, -0.05) is 101 Å². The number of rotatable bonds is 14. The molecular weight excluding hydrogens is 488 g/mol. The van der Waals surface area contributed by atoms with E-state index in [0.29, 0.717) is 6.61 Å². The van der Waals surface area contributed by atoms with E-state index in [1.165, 1.54) is 10.4 Å². The quantitative estimate of drug-likeness (QED) is 0.230. The molecule has 206 valence electrons. The lowest BCUT2D eigenvalue weighted by Gasteiger charge is -2.43. The lowest BCUT2D eigenvalue weighted by Crippen LogP contribution is -2.66. The van der Waals surface area contributed by atoms with Gasteiger partial charge in [-0.25, -0.2) is 0 Å². The van der Waals surface area contributed by atoms with Gasteiger partial charge in [-0.15, -0.1) is 0 Å². The average molecular weight is 535 g/mol. The lowest BCUT2D eigenvalue weighted by molar-refractivity contribution is 0.275. The number of methoxy groups -OCH3 is 2. The molecule has 3 aromatic rings. The van der Waals surface area contributed by atoms with Gasteiger partial charge in [0.15, 0.2) is 0 Å². The average Bonchev–Trinajstić information content (AvgIpc) is 2.93. The predicted molar refractivity (Wildman–Crippen MR) is 161 cm³/mol. The fraction of sp³-hybridized carbons (Fsp3) is 0.455. The van der Waals surface area contributed by atoms with Crippen molar-refractivity contribution in [2.45, 2.75) is 77.4 Å². The Hall–Kier alpha value is -2.60. The summed E-state index contributed by atoms with van der Waals surface area (Å²) in [4.78, 5) is 0. The molecule has 0 aliphatic rings. The van der Waals surface area contributed by atoms with Gasteiger partial charge in [0.1, 0.15) is 11.5 Å². The highest BCUT2D eigenvalue weighted by Crippen LogP contribution is 2.42. The van der Waals surface area contributed by atoms with Crippen LogP contribution in [-0.4, -0.2) is 34.3 Å². The Morgan fingerprint density at radius 2 is 1.29 bits per heavy atom. The Balaban J connectivity index is 2.06. The van der Waals surface area contributed by atoms with Gasteiger partial charge in [0.25, 0.3) is 8.32 Å². The zero-order valence-corrected chi connectivity index (χ0v) is 25.1. The second-order valence-corrected chi connectivity index (χ2v) is 15.4. The summed E-state index contributed by atoms with van der Waals surface area (Å²) in [5.74, 6) is 1.95. The summed E-state index contributed by atoms with van der Waals surface area (Å²) in [5.41, 5.74) is 2.14. The molecule has 3 rings (SSSR count). The normalized spacial score (nSPS) is 12.8. The molecule has 0 spiro atoms. The third-order valence-corrected chi connectivity index (χ3v) is 12.5. The number of ether oxygens (including phenoxy) is 2. The molecule has 38 heavy (non-hydrogen) atoms. The van der Waals surface area contributed by atoms with Gasteiger partial charge in [0.2, 0.25) is 0 Å². The van der Waals surface area contributed by atoms with Crippen molar-refractivity contribution in [3.05, 3.63) is 83.9 Å². The van der Waals surface area contributed by atoms with Crippen molar-refractivity contribution in [3.8, 4) is 11.5 Å². The van der Waals surface area contributed by atoms with Crippen LogP contribution in [-0.2, 0) is 11.0 Å². The summed E-state index contributed by atoms with van der Waals surface area (Å²) in [7, 11) is 0.793. The van der Waals surface area contributed by atoms with Gasteiger partial charge in [-0.3, -0.25) is 0 Å². The molecular formula is C33H46O4Si. The first-order valence-corrected chi connectivity index (χ1v) is 15.8. The lowest BCUT2D eigenvalue weighted by atomic mass is 9.87. The molecule has 3 aromatic carbocycles. The molecule has 0 saturated heterocycles. The second kappa shape index (κ2) is 14.0. The van der Waals surface area contributed by atoms with E-state index in [1.54, 1.807) is 14.2 Å². The van der Waals surface area contributed by atoms with E-state index in [4.69, 9.17) is 13.9 Å². The smallest absolute Gasteiger partial charge is 0.261 e. The molecule has 5 heteroatoms. The highest BCUT2D eigenvalue weighted by Gasteiger charge is 2.50. The van der Waals surface area contributed by atoms with Crippen LogP contribution in [0.3, 0.4) is 0 Å². The minimum atomic E-state index is -2.67. The summed E-state index contributed by atoms with van der Waals surface area (Å²) < 4.78 is 19.1. The van der Waals surface area contributed by atoms with Crippen molar-refractivity contribution >= 4 is 18.7 Å². The summed E-state index contributed by atoms with van der Waals surface area (Å²) in [6.45, 7) is 9.74. The van der Waals surface area contributed by atoms with Crippen LogP contribution in [0, 0.1) is 0 Å². The highest BCUT2D eigenvalue weighted by molar-refractivity contribution is 6.99. The molecule has 0 bridgehead atoms. The van der Waals surface area contributed by atoms with Gasteiger partial charge in [-0.05, 0) is 58.3 Å². The van der Waals surface area contributed by atoms with Crippen molar-refractivity contribution in [2.24, 2.45) is 0 Å². The maximum absolute atomic E-state index is 9.51. The molecule has 0 radical (unpaired) electrons. The monoisotopic (exact) mass is 534 g/mol. The first-order chi connectivity index (χ1) is 18.3. The molecule has 4 nitrogen and oxygen atoms in total. The van der Waals surface area contributed by atoms with Crippen LogP contribution in [0.15, 0.2) is 72.8 Å². The number of hydrogen-bond donors (Lipinski definition) is 1.